The van der Waals surface area contributed by atoms with Crippen LogP contribution >= 0.6 is 0 Å². The molecule has 54 valence electrons. The molecule has 2 heteroatoms. The third-order valence-corrected chi connectivity index (χ3v) is 1.85. The lowest BCUT2D eigenvalue weighted by Gasteiger charge is -2.28. The van der Waals surface area contributed by atoms with Crippen LogP contribution in [0.25, 0.3) is 0 Å². The van der Waals surface area contributed by atoms with Gasteiger partial charge in [0.05, 0.1) is 0 Å². The Kier molecular flexibility index (Phi) is 2.49. The zero-order chi connectivity index (χ0) is 6.69. The van der Waals surface area contributed by atoms with Crippen molar-refractivity contribution in [2.45, 2.75) is 18.9 Å². The summed E-state index contributed by atoms with van der Waals surface area (Å²) in [5.41, 5.74) is 0. The molecule has 0 aromatic rings. The molecule has 1 saturated heterocycles. The van der Waals surface area contributed by atoms with Crippen LogP contribution in [0.15, 0.2) is 0 Å². The van der Waals surface area contributed by atoms with Crippen LogP contribution in [-0.2, 0) is 0 Å². The third kappa shape index (κ3) is 2.33. The lowest BCUT2D eigenvalue weighted by Crippen LogP contribution is -2.44. The summed E-state index contributed by atoms with van der Waals surface area (Å²) in [4.78, 5) is 2.24. The van der Waals surface area contributed by atoms with Crippen molar-refractivity contribution >= 4 is 0 Å². The van der Waals surface area contributed by atoms with Crippen molar-refractivity contribution < 1.29 is 0 Å². The fraction of sp³-hybridized carbons (Fsp3) is 1.00. The van der Waals surface area contributed by atoms with Crippen molar-refractivity contribution in [1.29, 1.82) is 0 Å². The Hall–Kier alpha value is -0.0800. The predicted octanol–water partition coefficient (Wildman–Crippen LogP) is 0.300. The fourth-order valence-electron chi connectivity index (χ4n) is 1.01. The summed E-state index contributed by atoms with van der Waals surface area (Å²) in [6.45, 7) is 2.45. The standard InChI is InChI=1S/C7H16N2/c1-9(2)6-4-7-3-5-8-7/h7-8H,3-6H2,1-2H3. The second-order valence-corrected chi connectivity index (χ2v) is 3.03. The maximum atomic E-state index is 3.37. The molecule has 1 heterocycles. The average molecular weight is 128 g/mol. The van der Waals surface area contributed by atoms with E-state index >= 15 is 0 Å². The van der Waals surface area contributed by atoms with E-state index in [1.54, 1.807) is 0 Å². The molecule has 1 unspecified atom stereocenters. The largest absolute Gasteiger partial charge is 0.314 e. The highest BCUT2D eigenvalue weighted by atomic mass is 15.1. The maximum absolute atomic E-state index is 3.37. The summed E-state index contributed by atoms with van der Waals surface area (Å²) in [7, 11) is 4.25. The average Bonchev–Trinajstić information content (AvgIpc) is 1.60. The van der Waals surface area contributed by atoms with Crippen molar-refractivity contribution in [3.05, 3.63) is 0 Å². The van der Waals surface area contributed by atoms with Crippen LogP contribution < -0.4 is 5.32 Å². The summed E-state index contributed by atoms with van der Waals surface area (Å²) in [6, 6.07) is 0.826. The quantitative estimate of drug-likeness (QED) is 0.588. The monoisotopic (exact) mass is 128 g/mol. The molecule has 0 aliphatic carbocycles. The lowest BCUT2D eigenvalue weighted by molar-refractivity contribution is 0.299. The summed E-state index contributed by atoms with van der Waals surface area (Å²) in [5.74, 6) is 0. The molecule has 1 fully saturated rings. The van der Waals surface area contributed by atoms with Gasteiger partial charge in [0.2, 0.25) is 0 Å². The lowest BCUT2D eigenvalue weighted by atomic mass is 10.0. The van der Waals surface area contributed by atoms with Gasteiger partial charge in [-0.05, 0) is 40.0 Å². The first-order valence-electron chi connectivity index (χ1n) is 3.67. The normalized spacial score (nSPS) is 26.3. The first kappa shape index (κ1) is 7.03. The number of hydrogen-bond acceptors (Lipinski definition) is 2. The Labute approximate surface area is 57.2 Å². The van der Waals surface area contributed by atoms with Crippen LogP contribution in [0.1, 0.15) is 12.8 Å². The molecule has 2 nitrogen and oxygen atoms in total. The Morgan fingerprint density at radius 1 is 1.56 bits per heavy atom. The van der Waals surface area contributed by atoms with Gasteiger partial charge in [-0.15, -0.1) is 0 Å². The van der Waals surface area contributed by atoms with Gasteiger partial charge in [0.1, 0.15) is 0 Å². The number of hydrogen-bond donors (Lipinski definition) is 1. The molecule has 9 heavy (non-hydrogen) atoms. The van der Waals surface area contributed by atoms with Crippen molar-refractivity contribution in [1.82, 2.24) is 10.2 Å². The summed E-state index contributed by atoms with van der Waals surface area (Å²) >= 11 is 0. The molecule has 0 saturated carbocycles. The molecule has 1 aliphatic heterocycles. The molecule has 0 aromatic heterocycles. The highest BCUT2D eigenvalue weighted by Crippen LogP contribution is 2.05. The Bertz CT molecular complexity index is 77.0. The minimum atomic E-state index is 0.826. The number of nitrogens with one attached hydrogen (secondary N) is 1. The topological polar surface area (TPSA) is 15.3 Å². The Balaban J connectivity index is 1.91. The van der Waals surface area contributed by atoms with Crippen LogP contribution in [0.2, 0.25) is 0 Å². The Morgan fingerprint density at radius 3 is 2.56 bits per heavy atom. The first-order valence-corrected chi connectivity index (χ1v) is 3.67. The van der Waals surface area contributed by atoms with Gasteiger partial charge in [0.25, 0.3) is 0 Å². The SMILES string of the molecule is CN(C)CCC1CCN1. The second-order valence-electron chi connectivity index (χ2n) is 3.03. The van der Waals surface area contributed by atoms with Gasteiger partial charge in [-0.2, -0.15) is 0 Å². The van der Waals surface area contributed by atoms with Gasteiger partial charge >= 0.3 is 0 Å². The summed E-state index contributed by atoms with van der Waals surface area (Å²) in [6.07, 6.45) is 2.70. The highest BCUT2D eigenvalue weighted by molar-refractivity contribution is 4.77. The van der Waals surface area contributed by atoms with Crippen LogP contribution in [-0.4, -0.2) is 38.1 Å². The van der Waals surface area contributed by atoms with E-state index < -0.39 is 0 Å². The second kappa shape index (κ2) is 3.18. The van der Waals surface area contributed by atoms with Crippen LogP contribution in [0, 0.1) is 0 Å². The van der Waals surface area contributed by atoms with Crippen molar-refractivity contribution in [2.24, 2.45) is 0 Å². The summed E-state index contributed by atoms with van der Waals surface area (Å²) < 4.78 is 0. The van der Waals surface area contributed by atoms with Gasteiger partial charge in [0, 0.05) is 6.04 Å². The van der Waals surface area contributed by atoms with Crippen LogP contribution in [0.3, 0.4) is 0 Å². The molecule has 0 amide bonds. The molecule has 1 N–H and O–H groups in total. The summed E-state index contributed by atoms with van der Waals surface area (Å²) in [5, 5.41) is 3.37. The Morgan fingerprint density at radius 2 is 2.22 bits per heavy atom. The zero-order valence-electron chi connectivity index (χ0n) is 6.35. The van der Waals surface area contributed by atoms with Crippen LogP contribution in [0.5, 0.6) is 0 Å². The van der Waals surface area contributed by atoms with E-state index in [1.807, 2.05) is 0 Å². The van der Waals surface area contributed by atoms with E-state index in [0.29, 0.717) is 0 Å². The van der Waals surface area contributed by atoms with E-state index in [9.17, 15) is 0 Å². The van der Waals surface area contributed by atoms with Gasteiger partial charge < -0.3 is 10.2 Å². The third-order valence-electron chi connectivity index (χ3n) is 1.85. The van der Waals surface area contributed by atoms with Crippen molar-refractivity contribution in [3.63, 3.8) is 0 Å². The molecule has 1 aliphatic rings. The van der Waals surface area contributed by atoms with Crippen LogP contribution in [0.4, 0.5) is 0 Å². The van der Waals surface area contributed by atoms with Crippen molar-refractivity contribution in [2.75, 3.05) is 27.2 Å². The number of rotatable bonds is 3. The molecule has 1 rings (SSSR count). The van der Waals surface area contributed by atoms with Crippen molar-refractivity contribution in [3.8, 4) is 0 Å². The smallest absolute Gasteiger partial charge is 0.00913 e. The minimum Gasteiger partial charge on any atom is -0.314 e. The number of nitrogens with zero attached hydrogens (tertiary/aromatic N) is 1. The first-order chi connectivity index (χ1) is 4.29. The van der Waals surface area contributed by atoms with Gasteiger partial charge in [-0.3, -0.25) is 0 Å². The van der Waals surface area contributed by atoms with Gasteiger partial charge in [-0.1, -0.05) is 0 Å². The molecule has 0 spiro atoms. The van der Waals surface area contributed by atoms with E-state index in [1.165, 1.54) is 25.9 Å². The maximum Gasteiger partial charge on any atom is 0.00913 e. The molecule has 1 atom stereocenters. The van der Waals surface area contributed by atoms with E-state index in [4.69, 9.17) is 0 Å². The fourth-order valence-corrected chi connectivity index (χ4v) is 1.01. The molecule has 0 radical (unpaired) electrons. The zero-order valence-corrected chi connectivity index (χ0v) is 6.35. The predicted molar refractivity (Wildman–Crippen MR) is 39.6 cm³/mol. The van der Waals surface area contributed by atoms with E-state index in [-0.39, 0.29) is 0 Å². The molecular weight excluding hydrogens is 112 g/mol. The van der Waals surface area contributed by atoms with Gasteiger partial charge in [0.15, 0.2) is 0 Å². The highest BCUT2D eigenvalue weighted by Gasteiger charge is 2.14. The van der Waals surface area contributed by atoms with Gasteiger partial charge in [-0.25, -0.2) is 0 Å². The van der Waals surface area contributed by atoms with E-state index in [0.717, 1.165) is 6.04 Å². The molecule has 0 bridgehead atoms. The molecular formula is C7H16N2. The molecule has 0 aromatic carbocycles. The van der Waals surface area contributed by atoms with E-state index in [2.05, 4.69) is 24.3 Å². The minimum absolute atomic E-state index is 0.826.